The lowest BCUT2D eigenvalue weighted by atomic mass is 10.1. The normalized spacial score (nSPS) is 10.8. The number of hydrogen-bond donors (Lipinski definition) is 1. The Hall–Kier alpha value is -3.18. The van der Waals surface area contributed by atoms with Gasteiger partial charge in [-0.2, -0.15) is 0 Å². The zero-order valence-corrected chi connectivity index (χ0v) is 16.5. The fourth-order valence-electron chi connectivity index (χ4n) is 2.90. The quantitative estimate of drug-likeness (QED) is 0.484. The van der Waals surface area contributed by atoms with Gasteiger partial charge in [0.15, 0.2) is 6.61 Å². The summed E-state index contributed by atoms with van der Waals surface area (Å²) in [5.41, 5.74) is 4.93. The van der Waals surface area contributed by atoms with Crippen molar-refractivity contribution >= 4 is 33.1 Å². The second kappa shape index (κ2) is 7.82. The van der Waals surface area contributed by atoms with Crippen LogP contribution < -0.4 is 10.1 Å². The van der Waals surface area contributed by atoms with Gasteiger partial charge < -0.3 is 10.1 Å². The van der Waals surface area contributed by atoms with Crippen molar-refractivity contribution in [2.75, 3.05) is 11.9 Å². The van der Waals surface area contributed by atoms with Gasteiger partial charge in [0, 0.05) is 5.56 Å². The Morgan fingerprint density at radius 3 is 2.61 bits per heavy atom. The molecule has 0 spiro atoms. The molecule has 0 saturated heterocycles. The number of benzene rings is 3. The number of carbonyl (C=O) groups excluding carboxylic acids is 1. The maximum absolute atomic E-state index is 12.4. The van der Waals surface area contributed by atoms with Gasteiger partial charge >= 0.3 is 0 Å². The van der Waals surface area contributed by atoms with Gasteiger partial charge in [0.1, 0.15) is 10.8 Å². The highest BCUT2D eigenvalue weighted by atomic mass is 32.1. The molecule has 4 rings (SSSR count). The Balaban J connectivity index is 1.50. The number of thiazole rings is 1. The predicted octanol–water partition coefficient (Wildman–Crippen LogP) is 5.60. The van der Waals surface area contributed by atoms with Crippen LogP contribution in [-0.4, -0.2) is 17.5 Å². The van der Waals surface area contributed by atoms with E-state index < -0.39 is 0 Å². The van der Waals surface area contributed by atoms with E-state index in [1.807, 2.05) is 74.5 Å². The minimum absolute atomic E-state index is 0.0450. The van der Waals surface area contributed by atoms with Gasteiger partial charge in [-0.25, -0.2) is 4.98 Å². The first kappa shape index (κ1) is 18.2. The first-order valence-electron chi connectivity index (χ1n) is 9.05. The van der Waals surface area contributed by atoms with Crippen LogP contribution in [0.25, 0.3) is 20.8 Å². The Labute approximate surface area is 167 Å². The van der Waals surface area contributed by atoms with E-state index in [2.05, 4.69) is 11.4 Å². The number of amides is 1. The number of hydrogen-bond acceptors (Lipinski definition) is 4. The second-order valence-corrected chi connectivity index (χ2v) is 7.65. The molecular formula is C23H20N2O2S. The van der Waals surface area contributed by atoms with E-state index in [-0.39, 0.29) is 12.5 Å². The summed E-state index contributed by atoms with van der Waals surface area (Å²) < 4.78 is 6.77. The second-order valence-electron chi connectivity index (χ2n) is 6.62. The van der Waals surface area contributed by atoms with E-state index in [0.29, 0.717) is 5.75 Å². The average molecular weight is 388 g/mol. The Morgan fingerprint density at radius 1 is 1.00 bits per heavy atom. The molecule has 0 aliphatic rings. The number of anilines is 1. The standard InChI is InChI=1S/C23H20N2O2S/c1-15-11-12-17(13-16(15)2)27-14-22(26)24-19-8-4-3-7-18(19)23-25-20-9-5-6-10-21(20)28-23/h3-13H,14H2,1-2H3,(H,24,26). The minimum Gasteiger partial charge on any atom is -0.484 e. The molecule has 0 fully saturated rings. The van der Waals surface area contributed by atoms with Gasteiger partial charge in [0.25, 0.3) is 5.91 Å². The van der Waals surface area contributed by atoms with Crippen molar-refractivity contribution in [2.24, 2.45) is 0 Å². The molecule has 4 nitrogen and oxygen atoms in total. The van der Waals surface area contributed by atoms with E-state index in [1.54, 1.807) is 11.3 Å². The molecule has 0 radical (unpaired) electrons. The summed E-state index contributed by atoms with van der Waals surface area (Å²) in [6.07, 6.45) is 0. The van der Waals surface area contributed by atoms with Crippen LogP contribution in [0.3, 0.4) is 0 Å². The number of fused-ring (bicyclic) bond motifs is 1. The number of ether oxygens (including phenoxy) is 1. The molecule has 1 N–H and O–H groups in total. The van der Waals surface area contributed by atoms with Crippen molar-refractivity contribution in [3.05, 3.63) is 77.9 Å². The molecule has 0 unspecified atom stereocenters. The lowest BCUT2D eigenvalue weighted by Gasteiger charge is -2.11. The summed E-state index contributed by atoms with van der Waals surface area (Å²) in [5, 5.41) is 3.83. The lowest BCUT2D eigenvalue weighted by molar-refractivity contribution is -0.118. The topological polar surface area (TPSA) is 51.2 Å². The highest BCUT2D eigenvalue weighted by Crippen LogP contribution is 2.34. The highest BCUT2D eigenvalue weighted by molar-refractivity contribution is 7.21. The third-order valence-corrected chi connectivity index (χ3v) is 5.64. The van der Waals surface area contributed by atoms with Crippen LogP contribution in [0.5, 0.6) is 5.75 Å². The molecule has 0 bridgehead atoms. The Morgan fingerprint density at radius 2 is 1.79 bits per heavy atom. The van der Waals surface area contributed by atoms with Crippen LogP contribution in [0.1, 0.15) is 11.1 Å². The summed E-state index contributed by atoms with van der Waals surface area (Å²) in [6, 6.07) is 21.5. The molecular weight excluding hydrogens is 368 g/mol. The molecule has 1 amide bonds. The molecule has 1 aromatic heterocycles. The molecule has 4 aromatic rings. The summed E-state index contributed by atoms with van der Waals surface area (Å²) >= 11 is 1.61. The van der Waals surface area contributed by atoms with Gasteiger partial charge in [0.05, 0.1) is 15.9 Å². The molecule has 3 aromatic carbocycles. The number of nitrogens with zero attached hydrogens (tertiary/aromatic N) is 1. The zero-order valence-electron chi connectivity index (χ0n) is 15.7. The largest absolute Gasteiger partial charge is 0.484 e. The van der Waals surface area contributed by atoms with E-state index >= 15 is 0 Å². The third kappa shape index (κ3) is 3.89. The molecule has 0 saturated carbocycles. The van der Waals surface area contributed by atoms with Crippen molar-refractivity contribution in [2.45, 2.75) is 13.8 Å². The molecule has 140 valence electrons. The van der Waals surface area contributed by atoms with Crippen molar-refractivity contribution in [1.82, 2.24) is 4.98 Å². The molecule has 1 heterocycles. The van der Waals surface area contributed by atoms with Crippen LogP contribution in [0.2, 0.25) is 0 Å². The number of carbonyl (C=O) groups is 1. The summed E-state index contributed by atoms with van der Waals surface area (Å²) in [5.74, 6) is 0.490. The Bertz CT molecular complexity index is 1120. The van der Waals surface area contributed by atoms with Gasteiger partial charge in [-0.1, -0.05) is 30.3 Å². The summed E-state index contributed by atoms with van der Waals surface area (Å²) in [4.78, 5) is 17.1. The van der Waals surface area contributed by atoms with E-state index in [9.17, 15) is 4.79 Å². The SMILES string of the molecule is Cc1ccc(OCC(=O)Nc2ccccc2-c2nc3ccccc3s2)cc1C. The van der Waals surface area contributed by atoms with Crippen LogP contribution in [0, 0.1) is 13.8 Å². The maximum Gasteiger partial charge on any atom is 0.262 e. The summed E-state index contributed by atoms with van der Waals surface area (Å²) in [6.45, 7) is 4.03. The molecule has 0 aliphatic carbocycles. The fraction of sp³-hybridized carbons (Fsp3) is 0.130. The zero-order chi connectivity index (χ0) is 19.5. The van der Waals surface area contributed by atoms with Crippen molar-refractivity contribution < 1.29 is 9.53 Å². The van der Waals surface area contributed by atoms with E-state index in [0.717, 1.165) is 32.0 Å². The molecule has 28 heavy (non-hydrogen) atoms. The van der Waals surface area contributed by atoms with E-state index in [1.165, 1.54) is 5.56 Å². The average Bonchev–Trinajstić information content (AvgIpc) is 3.13. The minimum atomic E-state index is -0.202. The monoisotopic (exact) mass is 388 g/mol. The number of aryl methyl sites for hydroxylation is 2. The lowest BCUT2D eigenvalue weighted by Crippen LogP contribution is -2.20. The van der Waals surface area contributed by atoms with Crippen molar-refractivity contribution in [3.8, 4) is 16.3 Å². The number of rotatable bonds is 5. The van der Waals surface area contributed by atoms with Gasteiger partial charge in [0.2, 0.25) is 0 Å². The number of para-hydroxylation sites is 2. The van der Waals surface area contributed by atoms with Gasteiger partial charge in [-0.15, -0.1) is 11.3 Å². The summed E-state index contributed by atoms with van der Waals surface area (Å²) in [7, 11) is 0. The van der Waals surface area contributed by atoms with Gasteiger partial charge in [-0.05, 0) is 61.4 Å². The number of nitrogens with one attached hydrogen (secondary N) is 1. The predicted molar refractivity (Wildman–Crippen MR) is 115 cm³/mol. The van der Waals surface area contributed by atoms with Crippen LogP contribution >= 0.6 is 11.3 Å². The third-order valence-electron chi connectivity index (χ3n) is 4.57. The Kier molecular flexibility index (Phi) is 5.08. The first-order valence-corrected chi connectivity index (χ1v) is 9.87. The van der Waals surface area contributed by atoms with Crippen LogP contribution in [-0.2, 0) is 4.79 Å². The van der Waals surface area contributed by atoms with Crippen LogP contribution in [0.15, 0.2) is 66.7 Å². The van der Waals surface area contributed by atoms with Gasteiger partial charge in [-0.3, -0.25) is 4.79 Å². The molecule has 0 aliphatic heterocycles. The molecule has 5 heteroatoms. The van der Waals surface area contributed by atoms with E-state index in [4.69, 9.17) is 9.72 Å². The van der Waals surface area contributed by atoms with Crippen molar-refractivity contribution in [3.63, 3.8) is 0 Å². The smallest absolute Gasteiger partial charge is 0.262 e. The highest BCUT2D eigenvalue weighted by Gasteiger charge is 2.12. The number of aromatic nitrogens is 1. The maximum atomic E-state index is 12.4. The fourth-order valence-corrected chi connectivity index (χ4v) is 3.91. The van der Waals surface area contributed by atoms with Crippen LogP contribution in [0.4, 0.5) is 5.69 Å². The van der Waals surface area contributed by atoms with Crippen molar-refractivity contribution in [1.29, 1.82) is 0 Å². The first-order chi connectivity index (χ1) is 13.6. The molecule has 0 atom stereocenters.